The number of nitrogens with zero attached hydrogens (tertiary/aromatic N) is 1. The van der Waals surface area contributed by atoms with Crippen LogP contribution in [0.3, 0.4) is 0 Å². The summed E-state index contributed by atoms with van der Waals surface area (Å²) < 4.78 is 5.79. The third-order valence-corrected chi connectivity index (χ3v) is 7.42. The monoisotopic (exact) mass is 505 g/mol. The maximum Gasteiger partial charge on any atom is 0.271 e. The van der Waals surface area contributed by atoms with Crippen molar-refractivity contribution in [3.63, 3.8) is 0 Å². The van der Waals surface area contributed by atoms with Gasteiger partial charge in [-0.15, -0.1) is 11.3 Å². The molecule has 2 atom stereocenters. The molecule has 1 heterocycles. The summed E-state index contributed by atoms with van der Waals surface area (Å²) in [7, 11) is 0. The van der Waals surface area contributed by atoms with Crippen molar-refractivity contribution < 1.29 is 14.3 Å². The van der Waals surface area contributed by atoms with Gasteiger partial charge in [-0.3, -0.25) is 9.59 Å². The van der Waals surface area contributed by atoms with E-state index in [1.165, 1.54) is 22.5 Å². The van der Waals surface area contributed by atoms with Gasteiger partial charge in [0.25, 0.3) is 11.8 Å². The molecule has 1 aromatic heterocycles. The minimum atomic E-state index is -0.209. The van der Waals surface area contributed by atoms with Crippen LogP contribution in [0.4, 0.5) is 0 Å². The lowest BCUT2D eigenvalue weighted by molar-refractivity contribution is 0.0860. The van der Waals surface area contributed by atoms with E-state index < -0.39 is 0 Å². The third-order valence-electron chi connectivity index (χ3n) is 6.60. The smallest absolute Gasteiger partial charge is 0.271 e. The lowest BCUT2D eigenvalue weighted by Crippen LogP contribution is -2.53. The van der Waals surface area contributed by atoms with Gasteiger partial charge in [-0.1, -0.05) is 56.0 Å². The highest BCUT2D eigenvalue weighted by Gasteiger charge is 2.29. The molecule has 1 saturated carbocycles. The third kappa shape index (κ3) is 7.17. The van der Waals surface area contributed by atoms with Crippen LogP contribution in [0.2, 0.25) is 0 Å². The van der Waals surface area contributed by atoms with E-state index in [1.54, 1.807) is 5.38 Å². The Morgan fingerprint density at radius 1 is 0.972 bits per heavy atom. The Morgan fingerprint density at radius 2 is 1.64 bits per heavy atom. The summed E-state index contributed by atoms with van der Waals surface area (Å²) in [6.45, 7) is 4.53. The number of benzene rings is 2. The summed E-state index contributed by atoms with van der Waals surface area (Å²) in [5.41, 5.74) is 3.47. The topological polar surface area (TPSA) is 80.3 Å². The minimum Gasteiger partial charge on any atom is -0.486 e. The van der Waals surface area contributed by atoms with Gasteiger partial charge in [0, 0.05) is 23.0 Å². The number of aryl methyl sites for hydroxylation is 2. The predicted molar refractivity (Wildman–Crippen MR) is 144 cm³/mol. The van der Waals surface area contributed by atoms with Crippen LogP contribution in [0.1, 0.15) is 82.4 Å². The number of hydrogen-bond donors (Lipinski definition) is 2. The standard InChI is InChI=1S/C29H35N3O3S/c1-3-4-7-21-12-14-22(15-13-21)28(33)31-24-8-5-6-9-25(24)32-29(34)26-19-36-27(30-26)18-35-23-16-10-20(2)11-17-23/h10-17,19,24-25H,3-9,18H2,1-2H3,(H,31,33)(H,32,34)/t24-,25-/m1/s1. The first kappa shape index (κ1) is 25.9. The predicted octanol–water partition coefficient (Wildman–Crippen LogP) is 5.84. The molecular weight excluding hydrogens is 470 g/mol. The first-order chi connectivity index (χ1) is 17.5. The Balaban J connectivity index is 1.31. The van der Waals surface area contributed by atoms with Crippen molar-refractivity contribution >= 4 is 23.2 Å². The molecule has 6 nitrogen and oxygen atoms in total. The van der Waals surface area contributed by atoms with Gasteiger partial charge in [0.05, 0.1) is 0 Å². The van der Waals surface area contributed by atoms with Crippen molar-refractivity contribution in [2.75, 3.05) is 0 Å². The van der Waals surface area contributed by atoms with Gasteiger partial charge in [0.1, 0.15) is 23.1 Å². The van der Waals surface area contributed by atoms with E-state index in [9.17, 15) is 9.59 Å². The highest BCUT2D eigenvalue weighted by Crippen LogP contribution is 2.21. The van der Waals surface area contributed by atoms with E-state index >= 15 is 0 Å². The Morgan fingerprint density at radius 3 is 2.31 bits per heavy atom. The zero-order chi connectivity index (χ0) is 25.3. The number of carbonyl (C=O) groups excluding carboxylic acids is 2. The van der Waals surface area contributed by atoms with E-state index in [4.69, 9.17) is 4.74 Å². The van der Waals surface area contributed by atoms with Gasteiger partial charge >= 0.3 is 0 Å². The van der Waals surface area contributed by atoms with Crippen LogP contribution in [0.25, 0.3) is 0 Å². The van der Waals surface area contributed by atoms with E-state index in [0.717, 1.165) is 55.7 Å². The second-order valence-electron chi connectivity index (χ2n) is 9.47. The molecule has 0 saturated heterocycles. The van der Waals surface area contributed by atoms with E-state index in [1.807, 2.05) is 55.5 Å². The van der Waals surface area contributed by atoms with E-state index in [0.29, 0.717) is 17.9 Å². The van der Waals surface area contributed by atoms with E-state index in [-0.39, 0.29) is 23.9 Å². The average molecular weight is 506 g/mol. The number of unbranched alkanes of at least 4 members (excludes halogenated alkanes) is 1. The molecule has 7 heteroatoms. The SMILES string of the molecule is CCCCc1ccc(C(=O)N[C@@H]2CCCC[C@H]2NC(=O)c2csc(COc3ccc(C)cc3)n2)cc1. The lowest BCUT2D eigenvalue weighted by atomic mass is 9.90. The van der Waals surface area contributed by atoms with Crippen molar-refractivity contribution in [1.82, 2.24) is 15.6 Å². The summed E-state index contributed by atoms with van der Waals surface area (Å²) in [5.74, 6) is 0.477. The quantitative estimate of drug-likeness (QED) is 0.363. The number of nitrogens with one attached hydrogen (secondary N) is 2. The van der Waals surface area contributed by atoms with Crippen molar-refractivity contribution in [3.05, 3.63) is 81.3 Å². The van der Waals surface area contributed by atoms with Gasteiger partial charge in [0.2, 0.25) is 0 Å². The lowest BCUT2D eigenvalue weighted by Gasteiger charge is -2.32. The Labute approximate surface area is 217 Å². The summed E-state index contributed by atoms with van der Waals surface area (Å²) in [6.07, 6.45) is 7.07. The highest BCUT2D eigenvalue weighted by atomic mass is 32.1. The van der Waals surface area contributed by atoms with Crippen molar-refractivity contribution in [2.45, 2.75) is 77.5 Å². The summed E-state index contributed by atoms with van der Waals surface area (Å²) in [4.78, 5) is 30.3. The fourth-order valence-corrected chi connectivity index (χ4v) is 5.12. The Bertz CT molecular complexity index is 1140. The number of thiazole rings is 1. The first-order valence-electron chi connectivity index (χ1n) is 12.9. The molecule has 1 aliphatic rings. The Hall–Kier alpha value is -3.19. The molecule has 36 heavy (non-hydrogen) atoms. The molecule has 4 rings (SSSR count). The summed E-state index contributed by atoms with van der Waals surface area (Å²) >= 11 is 1.41. The number of carbonyl (C=O) groups is 2. The number of ether oxygens (including phenoxy) is 1. The molecular formula is C29H35N3O3S. The van der Waals surface area contributed by atoms with Crippen molar-refractivity contribution in [1.29, 1.82) is 0 Å². The molecule has 1 aliphatic carbocycles. The van der Waals surface area contributed by atoms with Gasteiger partial charge in [-0.2, -0.15) is 0 Å². The zero-order valence-electron chi connectivity index (χ0n) is 21.1. The fraction of sp³-hybridized carbons (Fsp3) is 0.414. The van der Waals surface area contributed by atoms with Crippen molar-refractivity contribution in [2.24, 2.45) is 0 Å². The number of hydrogen-bond acceptors (Lipinski definition) is 5. The average Bonchev–Trinajstić information content (AvgIpc) is 3.38. The first-order valence-corrected chi connectivity index (χ1v) is 13.7. The number of aromatic nitrogens is 1. The highest BCUT2D eigenvalue weighted by molar-refractivity contribution is 7.09. The van der Waals surface area contributed by atoms with Crippen LogP contribution < -0.4 is 15.4 Å². The maximum absolute atomic E-state index is 12.9. The van der Waals surface area contributed by atoms with Crippen LogP contribution in [0, 0.1) is 6.92 Å². The van der Waals surface area contributed by atoms with Gasteiger partial charge < -0.3 is 15.4 Å². The maximum atomic E-state index is 12.9. The van der Waals surface area contributed by atoms with Crippen LogP contribution in [-0.2, 0) is 13.0 Å². The summed E-state index contributed by atoms with van der Waals surface area (Å²) in [5, 5.41) is 8.79. The van der Waals surface area contributed by atoms with E-state index in [2.05, 4.69) is 22.5 Å². The normalized spacial score (nSPS) is 17.4. The molecule has 1 fully saturated rings. The zero-order valence-corrected chi connectivity index (χ0v) is 21.9. The molecule has 0 bridgehead atoms. The number of amides is 2. The molecule has 2 N–H and O–H groups in total. The van der Waals surface area contributed by atoms with Gasteiger partial charge in [-0.25, -0.2) is 4.98 Å². The second kappa shape index (κ2) is 12.7. The molecule has 0 unspecified atom stereocenters. The second-order valence-corrected chi connectivity index (χ2v) is 10.4. The van der Waals surface area contributed by atoms with Crippen LogP contribution >= 0.6 is 11.3 Å². The Kier molecular flexibility index (Phi) is 9.11. The van der Waals surface area contributed by atoms with Crippen LogP contribution in [-0.4, -0.2) is 28.9 Å². The molecule has 0 aliphatic heterocycles. The molecule has 3 aromatic rings. The van der Waals surface area contributed by atoms with Crippen LogP contribution in [0.15, 0.2) is 53.9 Å². The minimum absolute atomic E-state index is 0.0904. The molecule has 190 valence electrons. The van der Waals surface area contributed by atoms with Gasteiger partial charge in [-0.05, 0) is 62.4 Å². The molecule has 2 amide bonds. The largest absolute Gasteiger partial charge is 0.486 e. The molecule has 2 aromatic carbocycles. The molecule has 0 spiro atoms. The summed E-state index contributed by atoms with van der Waals surface area (Å²) in [6, 6.07) is 15.5. The van der Waals surface area contributed by atoms with Gasteiger partial charge in [0.15, 0.2) is 0 Å². The number of rotatable bonds is 10. The van der Waals surface area contributed by atoms with Crippen LogP contribution in [0.5, 0.6) is 5.75 Å². The fourth-order valence-electron chi connectivity index (χ4n) is 4.44. The molecule has 0 radical (unpaired) electrons. The van der Waals surface area contributed by atoms with Crippen molar-refractivity contribution in [3.8, 4) is 5.75 Å².